The van der Waals surface area contributed by atoms with E-state index in [0.717, 1.165) is 43.0 Å². The van der Waals surface area contributed by atoms with Crippen LogP contribution in [0.2, 0.25) is 0 Å². The Labute approximate surface area is 161 Å². The van der Waals surface area contributed by atoms with Crippen LogP contribution in [0.3, 0.4) is 0 Å². The zero-order chi connectivity index (χ0) is 19.4. The molecule has 1 unspecified atom stereocenters. The highest BCUT2D eigenvalue weighted by Crippen LogP contribution is 2.27. The van der Waals surface area contributed by atoms with Gasteiger partial charge in [-0.1, -0.05) is 6.92 Å². The molecule has 1 atom stereocenters. The normalized spacial score (nSPS) is 17.4. The van der Waals surface area contributed by atoms with Gasteiger partial charge in [-0.15, -0.1) is 0 Å². The van der Waals surface area contributed by atoms with Crippen LogP contribution < -0.4 is 4.74 Å². The maximum Gasteiger partial charge on any atom is 0.260 e. The number of likely N-dealkylation sites (tertiary alicyclic amines) is 1. The molecular weight excluding hydrogens is 340 g/mol. The van der Waals surface area contributed by atoms with E-state index in [4.69, 9.17) is 4.74 Å². The monoisotopic (exact) mass is 370 g/mol. The average molecular weight is 370 g/mol. The number of amides is 1. The molecule has 0 spiro atoms. The summed E-state index contributed by atoms with van der Waals surface area (Å²) in [6.07, 6.45) is 6.73. The highest BCUT2D eigenvalue weighted by molar-refractivity contribution is 5.78. The lowest BCUT2D eigenvalue weighted by molar-refractivity contribution is -0.134. The van der Waals surface area contributed by atoms with Crippen molar-refractivity contribution < 1.29 is 9.53 Å². The SMILES string of the molecule is CCc1nc(C)ccc1OCC(=O)N1CCCC(c2nccn2C(C)C)C1. The number of carbonyl (C=O) groups is 1. The van der Waals surface area contributed by atoms with E-state index in [1.807, 2.05) is 43.3 Å². The second-order valence-corrected chi connectivity index (χ2v) is 7.51. The first-order valence-electron chi connectivity index (χ1n) is 9.89. The van der Waals surface area contributed by atoms with Gasteiger partial charge < -0.3 is 14.2 Å². The van der Waals surface area contributed by atoms with E-state index in [1.54, 1.807) is 0 Å². The molecule has 2 aromatic heterocycles. The van der Waals surface area contributed by atoms with Gasteiger partial charge in [0.15, 0.2) is 6.61 Å². The topological polar surface area (TPSA) is 60.2 Å². The molecule has 0 saturated carbocycles. The number of aryl methyl sites for hydroxylation is 2. The fourth-order valence-electron chi connectivity index (χ4n) is 3.71. The number of piperidine rings is 1. The van der Waals surface area contributed by atoms with Crippen LogP contribution in [0.5, 0.6) is 5.75 Å². The highest BCUT2D eigenvalue weighted by atomic mass is 16.5. The number of hydrogen-bond donors (Lipinski definition) is 0. The molecule has 0 aromatic carbocycles. The van der Waals surface area contributed by atoms with Crippen LogP contribution in [-0.2, 0) is 11.2 Å². The molecule has 0 bridgehead atoms. The van der Waals surface area contributed by atoms with E-state index in [9.17, 15) is 4.79 Å². The van der Waals surface area contributed by atoms with Crippen LogP contribution in [0.1, 0.15) is 62.8 Å². The summed E-state index contributed by atoms with van der Waals surface area (Å²) in [6.45, 7) is 9.87. The minimum absolute atomic E-state index is 0.0324. The van der Waals surface area contributed by atoms with Gasteiger partial charge in [0.25, 0.3) is 5.91 Å². The quantitative estimate of drug-likeness (QED) is 0.781. The summed E-state index contributed by atoms with van der Waals surface area (Å²) < 4.78 is 8.02. The van der Waals surface area contributed by atoms with Crippen molar-refractivity contribution in [2.75, 3.05) is 19.7 Å². The molecule has 1 aliphatic heterocycles. The highest BCUT2D eigenvalue weighted by Gasteiger charge is 2.28. The van der Waals surface area contributed by atoms with Crippen molar-refractivity contribution in [1.29, 1.82) is 0 Å². The number of imidazole rings is 1. The molecule has 3 heterocycles. The Kier molecular flexibility index (Phi) is 6.14. The molecule has 2 aromatic rings. The van der Waals surface area contributed by atoms with E-state index in [2.05, 4.69) is 28.4 Å². The minimum atomic E-state index is 0.0324. The molecule has 146 valence electrons. The van der Waals surface area contributed by atoms with Crippen LogP contribution >= 0.6 is 0 Å². The lowest BCUT2D eigenvalue weighted by Gasteiger charge is -2.33. The largest absolute Gasteiger partial charge is 0.482 e. The Morgan fingerprint density at radius 1 is 1.37 bits per heavy atom. The van der Waals surface area contributed by atoms with Crippen molar-refractivity contribution in [3.8, 4) is 5.75 Å². The van der Waals surface area contributed by atoms with Crippen LogP contribution in [-0.4, -0.2) is 45.0 Å². The molecule has 27 heavy (non-hydrogen) atoms. The van der Waals surface area contributed by atoms with Gasteiger partial charge >= 0.3 is 0 Å². The summed E-state index contributed by atoms with van der Waals surface area (Å²) in [5.74, 6) is 2.11. The van der Waals surface area contributed by atoms with Crippen molar-refractivity contribution in [3.63, 3.8) is 0 Å². The van der Waals surface area contributed by atoms with Crippen molar-refractivity contribution in [2.24, 2.45) is 0 Å². The fourth-order valence-corrected chi connectivity index (χ4v) is 3.71. The van der Waals surface area contributed by atoms with Gasteiger partial charge in [0.1, 0.15) is 11.6 Å². The first kappa shape index (κ1) is 19.4. The van der Waals surface area contributed by atoms with E-state index < -0.39 is 0 Å². The molecule has 0 aliphatic carbocycles. The molecule has 1 amide bonds. The standard InChI is InChI=1S/C21H30N4O2/c1-5-18-19(9-8-16(4)23-18)27-14-20(26)24-11-6-7-17(13-24)21-22-10-12-25(21)15(2)3/h8-10,12,15,17H,5-7,11,13-14H2,1-4H3. The molecule has 0 N–H and O–H groups in total. The number of aromatic nitrogens is 3. The number of ether oxygens (including phenoxy) is 1. The average Bonchev–Trinajstić information content (AvgIpc) is 3.17. The van der Waals surface area contributed by atoms with E-state index in [0.29, 0.717) is 18.3 Å². The van der Waals surface area contributed by atoms with Crippen LogP contribution in [0, 0.1) is 6.92 Å². The third-order valence-corrected chi connectivity index (χ3v) is 5.15. The van der Waals surface area contributed by atoms with E-state index in [1.165, 1.54) is 0 Å². The van der Waals surface area contributed by atoms with Gasteiger partial charge in [0, 0.05) is 43.1 Å². The number of hydrogen-bond acceptors (Lipinski definition) is 4. The Morgan fingerprint density at radius 2 is 2.19 bits per heavy atom. The molecule has 1 saturated heterocycles. The lowest BCUT2D eigenvalue weighted by atomic mass is 9.97. The van der Waals surface area contributed by atoms with Crippen LogP contribution in [0.15, 0.2) is 24.5 Å². The second kappa shape index (κ2) is 8.55. The molecule has 6 nitrogen and oxygen atoms in total. The van der Waals surface area contributed by atoms with Gasteiger partial charge in [0.2, 0.25) is 0 Å². The first-order chi connectivity index (χ1) is 13.0. The Bertz CT molecular complexity index is 784. The summed E-state index contributed by atoms with van der Waals surface area (Å²) >= 11 is 0. The van der Waals surface area contributed by atoms with Crippen LogP contribution in [0.25, 0.3) is 0 Å². The third kappa shape index (κ3) is 4.49. The zero-order valence-electron chi connectivity index (χ0n) is 16.8. The van der Waals surface area contributed by atoms with Crippen molar-refractivity contribution in [2.45, 2.75) is 58.9 Å². The first-order valence-corrected chi connectivity index (χ1v) is 9.89. The molecule has 6 heteroatoms. The third-order valence-electron chi connectivity index (χ3n) is 5.15. The van der Waals surface area contributed by atoms with Gasteiger partial charge in [0.05, 0.1) is 5.69 Å². The molecule has 3 rings (SSSR count). The molecular formula is C21H30N4O2. The smallest absolute Gasteiger partial charge is 0.260 e. The molecule has 1 fully saturated rings. The maximum atomic E-state index is 12.7. The predicted octanol–water partition coefficient (Wildman–Crippen LogP) is 3.51. The fraction of sp³-hybridized carbons (Fsp3) is 0.571. The van der Waals surface area contributed by atoms with Crippen LogP contribution in [0.4, 0.5) is 0 Å². The van der Waals surface area contributed by atoms with Gasteiger partial charge in [-0.25, -0.2) is 4.98 Å². The molecule has 1 aliphatic rings. The van der Waals surface area contributed by atoms with E-state index >= 15 is 0 Å². The number of rotatable bonds is 6. The van der Waals surface area contributed by atoms with Gasteiger partial charge in [-0.2, -0.15) is 0 Å². The Hall–Kier alpha value is -2.37. The molecule has 0 radical (unpaired) electrons. The summed E-state index contributed by atoms with van der Waals surface area (Å²) in [4.78, 5) is 23.7. The van der Waals surface area contributed by atoms with Gasteiger partial charge in [-0.3, -0.25) is 9.78 Å². The number of pyridine rings is 1. The van der Waals surface area contributed by atoms with E-state index in [-0.39, 0.29) is 18.4 Å². The summed E-state index contributed by atoms with van der Waals surface area (Å²) in [7, 11) is 0. The number of carbonyl (C=O) groups excluding carboxylic acids is 1. The summed E-state index contributed by atoms with van der Waals surface area (Å²) in [5, 5.41) is 0. The zero-order valence-corrected chi connectivity index (χ0v) is 16.8. The maximum absolute atomic E-state index is 12.7. The van der Waals surface area contributed by atoms with Crippen molar-refractivity contribution in [1.82, 2.24) is 19.4 Å². The van der Waals surface area contributed by atoms with Crippen molar-refractivity contribution in [3.05, 3.63) is 41.7 Å². The minimum Gasteiger partial charge on any atom is -0.482 e. The van der Waals surface area contributed by atoms with Crippen molar-refractivity contribution >= 4 is 5.91 Å². The Morgan fingerprint density at radius 3 is 2.93 bits per heavy atom. The van der Waals surface area contributed by atoms with Gasteiger partial charge in [-0.05, 0) is 52.2 Å². The summed E-state index contributed by atoms with van der Waals surface area (Å²) in [5.41, 5.74) is 1.86. The number of nitrogens with zero attached hydrogens (tertiary/aromatic N) is 4. The second-order valence-electron chi connectivity index (χ2n) is 7.51. The lowest BCUT2D eigenvalue weighted by Crippen LogP contribution is -2.42. The predicted molar refractivity (Wildman–Crippen MR) is 105 cm³/mol. The summed E-state index contributed by atoms with van der Waals surface area (Å²) in [6, 6.07) is 4.20. The Balaban J connectivity index is 1.63.